The van der Waals surface area contributed by atoms with Crippen LogP contribution in [-0.4, -0.2) is 61.2 Å². The van der Waals surface area contributed by atoms with Gasteiger partial charge in [-0.25, -0.2) is 0 Å². The molecule has 0 bridgehead atoms. The molecule has 0 aromatic carbocycles. The third kappa shape index (κ3) is 10.5. The van der Waals surface area contributed by atoms with Crippen molar-refractivity contribution in [3.63, 3.8) is 0 Å². The van der Waals surface area contributed by atoms with Gasteiger partial charge in [0.05, 0.1) is 0 Å². The standard InChI is InChI=1S/C19H38N4O2.HI/c1-4-7-17(10-13-24)14-22-19(20-5-2)21-11-9-18(25)23-12-6-8-16(3)15-23;/h16-17,24H,4-15H2,1-3H3,(H2,20,21,22);1H. The molecule has 2 atom stereocenters. The number of aliphatic hydroxyl groups is 1. The minimum absolute atomic E-state index is 0. The number of likely N-dealkylation sites (tertiary alicyclic amines) is 1. The quantitative estimate of drug-likeness (QED) is 0.254. The normalized spacial score (nSPS) is 18.8. The molecule has 1 rings (SSSR count). The molecule has 0 aromatic heterocycles. The molecule has 0 spiro atoms. The summed E-state index contributed by atoms with van der Waals surface area (Å²) >= 11 is 0. The largest absolute Gasteiger partial charge is 0.396 e. The fourth-order valence-corrected chi connectivity index (χ4v) is 3.34. The highest BCUT2D eigenvalue weighted by Gasteiger charge is 2.20. The first-order chi connectivity index (χ1) is 12.1. The summed E-state index contributed by atoms with van der Waals surface area (Å²) in [6, 6.07) is 0. The predicted octanol–water partition coefficient (Wildman–Crippen LogP) is 2.61. The van der Waals surface area contributed by atoms with Crippen LogP contribution in [0.25, 0.3) is 0 Å². The lowest BCUT2D eigenvalue weighted by molar-refractivity contribution is -0.132. The van der Waals surface area contributed by atoms with E-state index in [0.29, 0.717) is 31.3 Å². The lowest BCUT2D eigenvalue weighted by Gasteiger charge is -2.31. The highest BCUT2D eigenvalue weighted by Crippen LogP contribution is 2.16. The van der Waals surface area contributed by atoms with Crippen molar-refractivity contribution in [3.8, 4) is 0 Å². The van der Waals surface area contributed by atoms with Gasteiger partial charge in [0, 0.05) is 45.8 Å². The molecule has 0 saturated carbocycles. The Kier molecular flexibility index (Phi) is 15.1. The second-order valence-electron chi connectivity index (χ2n) is 7.15. The van der Waals surface area contributed by atoms with Crippen molar-refractivity contribution in [2.24, 2.45) is 16.8 Å². The molecule has 7 heteroatoms. The highest BCUT2D eigenvalue weighted by molar-refractivity contribution is 14.0. The smallest absolute Gasteiger partial charge is 0.224 e. The number of aliphatic imine (C=N–C) groups is 1. The van der Waals surface area contributed by atoms with E-state index in [-0.39, 0.29) is 36.5 Å². The Labute approximate surface area is 176 Å². The lowest BCUT2D eigenvalue weighted by atomic mass is 10.00. The number of aliphatic hydroxyl groups excluding tert-OH is 1. The minimum atomic E-state index is 0. The first-order valence-electron chi connectivity index (χ1n) is 10.0. The van der Waals surface area contributed by atoms with Gasteiger partial charge in [0.25, 0.3) is 0 Å². The van der Waals surface area contributed by atoms with Gasteiger partial charge in [-0.1, -0.05) is 20.3 Å². The monoisotopic (exact) mass is 482 g/mol. The number of hydrogen-bond acceptors (Lipinski definition) is 3. The summed E-state index contributed by atoms with van der Waals surface area (Å²) in [5, 5.41) is 15.7. The third-order valence-corrected chi connectivity index (χ3v) is 4.73. The van der Waals surface area contributed by atoms with E-state index in [0.717, 1.165) is 51.3 Å². The van der Waals surface area contributed by atoms with E-state index in [2.05, 4.69) is 29.5 Å². The molecule has 1 aliphatic rings. The summed E-state index contributed by atoms with van der Waals surface area (Å²) in [5.41, 5.74) is 0. The number of nitrogens with zero attached hydrogens (tertiary/aromatic N) is 2. The molecule has 1 saturated heterocycles. The third-order valence-electron chi connectivity index (χ3n) is 4.73. The molecule has 1 amide bonds. The highest BCUT2D eigenvalue weighted by atomic mass is 127. The predicted molar refractivity (Wildman–Crippen MR) is 119 cm³/mol. The Morgan fingerprint density at radius 3 is 2.69 bits per heavy atom. The van der Waals surface area contributed by atoms with E-state index in [1.807, 2.05) is 11.8 Å². The number of guanidine groups is 1. The molecule has 0 aliphatic carbocycles. The lowest BCUT2D eigenvalue weighted by Crippen LogP contribution is -2.42. The average Bonchev–Trinajstić information content (AvgIpc) is 2.59. The number of rotatable bonds is 10. The SMILES string of the molecule is CCCC(CCO)CN=C(NCC)NCCC(=O)N1CCCC(C)C1.I. The molecular weight excluding hydrogens is 443 g/mol. The van der Waals surface area contributed by atoms with Crippen LogP contribution in [-0.2, 0) is 4.79 Å². The summed E-state index contributed by atoms with van der Waals surface area (Å²) in [5.74, 6) is 2.04. The zero-order chi connectivity index (χ0) is 18.5. The van der Waals surface area contributed by atoms with Gasteiger partial charge in [-0.05, 0) is 44.4 Å². The van der Waals surface area contributed by atoms with Crippen molar-refractivity contribution in [1.82, 2.24) is 15.5 Å². The van der Waals surface area contributed by atoms with Crippen LogP contribution in [0.5, 0.6) is 0 Å². The molecule has 3 N–H and O–H groups in total. The Morgan fingerprint density at radius 1 is 1.31 bits per heavy atom. The molecule has 1 fully saturated rings. The number of hydrogen-bond donors (Lipinski definition) is 3. The zero-order valence-electron chi connectivity index (χ0n) is 16.8. The number of carbonyl (C=O) groups excluding carboxylic acids is 1. The van der Waals surface area contributed by atoms with Crippen LogP contribution >= 0.6 is 24.0 Å². The number of carbonyl (C=O) groups is 1. The second kappa shape index (κ2) is 15.5. The van der Waals surface area contributed by atoms with Crippen molar-refractivity contribution in [1.29, 1.82) is 0 Å². The summed E-state index contributed by atoms with van der Waals surface area (Å²) in [6.07, 6.45) is 5.83. The maximum Gasteiger partial charge on any atom is 0.224 e. The zero-order valence-corrected chi connectivity index (χ0v) is 19.1. The fraction of sp³-hybridized carbons (Fsp3) is 0.895. The number of piperidine rings is 1. The summed E-state index contributed by atoms with van der Waals surface area (Å²) in [7, 11) is 0. The van der Waals surface area contributed by atoms with E-state index < -0.39 is 0 Å². The summed E-state index contributed by atoms with van der Waals surface area (Å²) < 4.78 is 0. The maximum absolute atomic E-state index is 12.3. The topological polar surface area (TPSA) is 77.0 Å². The summed E-state index contributed by atoms with van der Waals surface area (Å²) in [4.78, 5) is 18.9. The van der Waals surface area contributed by atoms with Gasteiger partial charge >= 0.3 is 0 Å². The van der Waals surface area contributed by atoms with Crippen molar-refractivity contribution in [2.75, 3.05) is 39.3 Å². The molecule has 6 nitrogen and oxygen atoms in total. The van der Waals surface area contributed by atoms with Crippen LogP contribution in [0.3, 0.4) is 0 Å². The van der Waals surface area contributed by atoms with E-state index in [1.165, 1.54) is 6.42 Å². The number of amides is 1. The molecule has 1 aliphatic heterocycles. The average molecular weight is 482 g/mol. The van der Waals surface area contributed by atoms with Crippen LogP contribution in [0.2, 0.25) is 0 Å². The van der Waals surface area contributed by atoms with Crippen molar-refractivity contribution in [2.45, 2.75) is 59.3 Å². The van der Waals surface area contributed by atoms with Gasteiger partial charge in [-0.3, -0.25) is 9.79 Å². The molecular formula is C19H39IN4O2. The van der Waals surface area contributed by atoms with Crippen LogP contribution in [0.15, 0.2) is 4.99 Å². The van der Waals surface area contributed by atoms with Crippen LogP contribution < -0.4 is 10.6 Å². The Bertz CT molecular complexity index is 401. The second-order valence-corrected chi connectivity index (χ2v) is 7.15. The molecule has 26 heavy (non-hydrogen) atoms. The van der Waals surface area contributed by atoms with E-state index in [1.54, 1.807) is 0 Å². The van der Waals surface area contributed by atoms with Crippen molar-refractivity contribution < 1.29 is 9.90 Å². The fourth-order valence-electron chi connectivity index (χ4n) is 3.34. The molecule has 154 valence electrons. The number of halogens is 1. The Morgan fingerprint density at radius 2 is 2.08 bits per heavy atom. The van der Waals surface area contributed by atoms with Crippen molar-refractivity contribution in [3.05, 3.63) is 0 Å². The van der Waals surface area contributed by atoms with Gasteiger partial charge in [0.2, 0.25) is 5.91 Å². The first-order valence-corrected chi connectivity index (χ1v) is 10.0. The Hall–Kier alpha value is -0.570. The molecule has 2 unspecified atom stereocenters. The van der Waals surface area contributed by atoms with Crippen molar-refractivity contribution >= 4 is 35.8 Å². The van der Waals surface area contributed by atoms with Gasteiger partial charge < -0.3 is 20.6 Å². The van der Waals surface area contributed by atoms with Gasteiger partial charge in [0.1, 0.15) is 0 Å². The minimum Gasteiger partial charge on any atom is -0.396 e. The molecule has 0 aromatic rings. The van der Waals surface area contributed by atoms with Crippen LogP contribution in [0, 0.1) is 11.8 Å². The Balaban J connectivity index is 0.00000625. The van der Waals surface area contributed by atoms with Gasteiger partial charge in [-0.15, -0.1) is 24.0 Å². The van der Waals surface area contributed by atoms with E-state index in [9.17, 15) is 4.79 Å². The summed E-state index contributed by atoms with van der Waals surface area (Å²) in [6.45, 7) is 10.5. The molecule has 0 radical (unpaired) electrons. The molecule has 1 heterocycles. The first kappa shape index (κ1) is 25.4. The van der Waals surface area contributed by atoms with E-state index in [4.69, 9.17) is 5.11 Å². The van der Waals surface area contributed by atoms with Gasteiger partial charge in [-0.2, -0.15) is 0 Å². The van der Waals surface area contributed by atoms with Crippen LogP contribution in [0.4, 0.5) is 0 Å². The maximum atomic E-state index is 12.3. The number of nitrogens with one attached hydrogen (secondary N) is 2. The van der Waals surface area contributed by atoms with Crippen LogP contribution in [0.1, 0.15) is 59.3 Å². The van der Waals surface area contributed by atoms with E-state index >= 15 is 0 Å². The van der Waals surface area contributed by atoms with Gasteiger partial charge in [0.15, 0.2) is 5.96 Å².